The Balaban J connectivity index is 1.23. The smallest absolute Gasteiger partial charge is 0.318 e. The SMILES string of the molecule is CCc1c(C)cc(N)c(F)c1C1Cc2nc(OCC34CCCN3CC(F)C4)nc(N3CC4CCC(C3)N4)c2CO1. The summed E-state index contributed by atoms with van der Waals surface area (Å²) in [5, 5.41) is 3.69. The number of aromatic nitrogens is 2. The number of rotatable bonds is 6. The summed E-state index contributed by atoms with van der Waals surface area (Å²) < 4.78 is 42.6. The number of aryl methyl sites for hydroxylation is 1. The van der Waals surface area contributed by atoms with E-state index in [0.717, 1.165) is 73.5 Å². The molecule has 5 unspecified atom stereocenters. The molecule has 0 aliphatic carbocycles. The van der Waals surface area contributed by atoms with Crippen LogP contribution >= 0.6 is 0 Å². The molecule has 0 saturated carbocycles. The van der Waals surface area contributed by atoms with Crippen LogP contribution in [0, 0.1) is 12.7 Å². The van der Waals surface area contributed by atoms with E-state index in [1.54, 1.807) is 6.07 Å². The highest BCUT2D eigenvalue weighted by molar-refractivity contribution is 5.55. The molecule has 0 amide bonds. The van der Waals surface area contributed by atoms with Gasteiger partial charge >= 0.3 is 6.01 Å². The number of benzene rings is 1. The first-order chi connectivity index (χ1) is 19.3. The molecule has 0 radical (unpaired) electrons. The van der Waals surface area contributed by atoms with E-state index in [-0.39, 0.29) is 11.2 Å². The average Bonchev–Trinajstić information content (AvgIpc) is 3.58. The number of alkyl halides is 1. The molecular formula is C30H40F2N6O2. The number of nitrogens with two attached hydrogens (primary N) is 1. The van der Waals surface area contributed by atoms with Crippen molar-refractivity contribution in [2.45, 2.75) is 95.3 Å². The van der Waals surface area contributed by atoms with Crippen LogP contribution in [0.2, 0.25) is 0 Å². The van der Waals surface area contributed by atoms with Crippen molar-refractivity contribution in [3.8, 4) is 6.01 Å². The van der Waals surface area contributed by atoms with Crippen LogP contribution in [0.3, 0.4) is 0 Å². The van der Waals surface area contributed by atoms with E-state index in [4.69, 9.17) is 25.2 Å². The minimum Gasteiger partial charge on any atom is -0.461 e. The molecule has 216 valence electrons. The lowest BCUT2D eigenvalue weighted by Crippen LogP contribution is -2.52. The first-order valence-corrected chi connectivity index (χ1v) is 14.9. The van der Waals surface area contributed by atoms with E-state index < -0.39 is 18.1 Å². The molecule has 1 aromatic carbocycles. The number of nitrogens with one attached hydrogen (secondary N) is 1. The molecule has 7 rings (SSSR count). The van der Waals surface area contributed by atoms with Gasteiger partial charge in [-0.3, -0.25) is 4.90 Å². The molecule has 3 N–H and O–H groups in total. The highest BCUT2D eigenvalue weighted by Gasteiger charge is 2.49. The second-order valence-corrected chi connectivity index (χ2v) is 12.5. The van der Waals surface area contributed by atoms with Gasteiger partial charge in [-0.25, -0.2) is 8.78 Å². The molecule has 5 aliphatic heterocycles. The molecule has 5 aliphatic rings. The number of hydrogen-bond acceptors (Lipinski definition) is 8. The average molecular weight is 555 g/mol. The number of halogens is 2. The summed E-state index contributed by atoms with van der Waals surface area (Å²) in [6, 6.07) is 2.90. The lowest BCUT2D eigenvalue weighted by atomic mass is 9.90. The monoisotopic (exact) mass is 554 g/mol. The third kappa shape index (κ3) is 4.43. The summed E-state index contributed by atoms with van der Waals surface area (Å²) in [5.41, 5.74) is 10.1. The predicted octanol–water partition coefficient (Wildman–Crippen LogP) is 3.78. The van der Waals surface area contributed by atoms with Gasteiger partial charge in [0.05, 0.1) is 29.6 Å². The molecule has 0 spiro atoms. The lowest BCUT2D eigenvalue weighted by molar-refractivity contribution is 0.0227. The largest absolute Gasteiger partial charge is 0.461 e. The van der Waals surface area contributed by atoms with Gasteiger partial charge in [0, 0.05) is 55.7 Å². The van der Waals surface area contributed by atoms with Gasteiger partial charge in [0.1, 0.15) is 18.6 Å². The fourth-order valence-corrected chi connectivity index (χ4v) is 8.05. The number of nitrogens with zero attached hydrogens (tertiary/aromatic N) is 4. The number of anilines is 2. The van der Waals surface area contributed by atoms with Crippen LogP contribution in [0.4, 0.5) is 20.3 Å². The maximum absolute atomic E-state index is 15.5. The predicted molar refractivity (Wildman–Crippen MR) is 149 cm³/mol. The third-order valence-corrected chi connectivity index (χ3v) is 9.94. The molecule has 6 heterocycles. The van der Waals surface area contributed by atoms with Crippen LogP contribution in [0.1, 0.15) is 73.1 Å². The molecule has 40 heavy (non-hydrogen) atoms. The van der Waals surface area contributed by atoms with E-state index in [2.05, 4.69) is 15.1 Å². The number of ether oxygens (including phenoxy) is 2. The summed E-state index contributed by atoms with van der Waals surface area (Å²) in [4.78, 5) is 14.4. The standard InChI is InChI=1S/C30H40F2N6O2/c1-3-21-17(2)9-23(33)27(32)26(21)25-10-24-22(15-39-25)28(37-13-19-5-6-20(14-37)34-19)36-29(35-24)40-16-30-7-4-8-38(30)12-18(31)11-30/h9,18-20,25,34H,3-8,10-16,33H2,1-2H3. The van der Waals surface area contributed by atoms with E-state index in [9.17, 15) is 4.39 Å². The van der Waals surface area contributed by atoms with Gasteiger partial charge < -0.3 is 25.4 Å². The molecule has 1 aromatic heterocycles. The number of fused-ring (bicyclic) bond motifs is 4. The third-order valence-electron chi connectivity index (χ3n) is 9.94. The Morgan fingerprint density at radius 2 is 2.02 bits per heavy atom. The second kappa shape index (κ2) is 10.1. The summed E-state index contributed by atoms with van der Waals surface area (Å²) in [5.74, 6) is 0.454. The highest BCUT2D eigenvalue weighted by Crippen LogP contribution is 2.42. The van der Waals surface area contributed by atoms with Gasteiger partial charge in [0.15, 0.2) is 5.82 Å². The van der Waals surface area contributed by atoms with Crippen molar-refractivity contribution in [2.75, 3.05) is 43.4 Å². The minimum absolute atomic E-state index is 0.144. The number of piperazine rings is 1. The Morgan fingerprint density at radius 3 is 2.80 bits per heavy atom. The minimum atomic E-state index is -0.817. The fourth-order valence-electron chi connectivity index (χ4n) is 8.05. The Labute approximate surface area is 234 Å². The van der Waals surface area contributed by atoms with Crippen molar-refractivity contribution in [1.29, 1.82) is 0 Å². The molecule has 4 fully saturated rings. The molecule has 2 aromatic rings. The van der Waals surface area contributed by atoms with Crippen LogP contribution in [-0.2, 0) is 24.2 Å². The zero-order valence-electron chi connectivity index (χ0n) is 23.5. The van der Waals surface area contributed by atoms with E-state index in [1.807, 2.05) is 13.8 Å². The molecule has 10 heteroatoms. The first-order valence-electron chi connectivity index (χ1n) is 14.9. The molecular weight excluding hydrogens is 514 g/mol. The summed E-state index contributed by atoms with van der Waals surface area (Å²) in [6.07, 6.45) is 4.59. The molecule has 8 nitrogen and oxygen atoms in total. The zero-order chi connectivity index (χ0) is 27.6. The first kappa shape index (κ1) is 26.3. The molecule has 2 bridgehead atoms. The van der Waals surface area contributed by atoms with Gasteiger partial charge in [-0.05, 0) is 62.8 Å². The summed E-state index contributed by atoms with van der Waals surface area (Å²) in [7, 11) is 0. The van der Waals surface area contributed by atoms with Gasteiger partial charge in [-0.1, -0.05) is 6.92 Å². The molecule has 5 atom stereocenters. The van der Waals surface area contributed by atoms with Gasteiger partial charge in [-0.15, -0.1) is 0 Å². The maximum atomic E-state index is 15.5. The van der Waals surface area contributed by atoms with Crippen molar-refractivity contribution in [3.63, 3.8) is 0 Å². The van der Waals surface area contributed by atoms with Crippen molar-refractivity contribution in [3.05, 3.63) is 39.8 Å². The summed E-state index contributed by atoms with van der Waals surface area (Å²) in [6.45, 7) is 7.80. The fraction of sp³-hybridized carbons (Fsp3) is 0.667. The Kier molecular flexibility index (Phi) is 6.63. The Bertz CT molecular complexity index is 1300. The van der Waals surface area contributed by atoms with Gasteiger partial charge in [0.25, 0.3) is 0 Å². The lowest BCUT2D eigenvalue weighted by Gasteiger charge is -2.37. The Morgan fingerprint density at radius 1 is 1.23 bits per heavy atom. The normalized spacial score (nSPS) is 31.4. The quantitative estimate of drug-likeness (QED) is 0.522. The van der Waals surface area contributed by atoms with Crippen LogP contribution in [0.15, 0.2) is 6.07 Å². The van der Waals surface area contributed by atoms with Crippen molar-refractivity contribution < 1.29 is 18.3 Å². The maximum Gasteiger partial charge on any atom is 0.318 e. The second-order valence-electron chi connectivity index (χ2n) is 12.5. The van der Waals surface area contributed by atoms with Crippen molar-refractivity contribution in [2.24, 2.45) is 0 Å². The Hall–Kier alpha value is -2.56. The van der Waals surface area contributed by atoms with Gasteiger partial charge in [-0.2, -0.15) is 9.97 Å². The number of hydrogen-bond donors (Lipinski definition) is 2. The number of nitrogen functional groups attached to an aromatic ring is 1. The van der Waals surface area contributed by atoms with Gasteiger partial charge in [0.2, 0.25) is 0 Å². The van der Waals surface area contributed by atoms with E-state index >= 15 is 4.39 Å². The highest BCUT2D eigenvalue weighted by atomic mass is 19.1. The van der Waals surface area contributed by atoms with Crippen molar-refractivity contribution >= 4 is 11.5 Å². The van der Waals surface area contributed by atoms with Crippen LogP contribution in [0.5, 0.6) is 6.01 Å². The summed E-state index contributed by atoms with van der Waals surface area (Å²) >= 11 is 0. The van der Waals surface area contributed by atoms with Crippen LogP contribution in [-0.4, -0.2) is 71.4 Å². The van der Waals surface area contributed by atoms with Crippen molar-refractivity contribution in [1.82, 2.24) is 20.2 Å². The van der Waals surface area contributed by atoms with Crippen LogP contribution < -0.4 is 20.7 Å². The van der Waals surface area contributed by atoms with E-state index in [0.29, 0.717) is 62.7 Å². The zero-order valence-corrected chi connectivity index (χ0v) is 23.5. The molecule has 4 saturated heterocycles. The van der Waals surface area contributed by atoms with Crippen LogP contribution in [0.25, 0.3) is 0 Å². The van der Waals surface area contributed by atoms with E-state index in [1.165, 1.54) is 0 Å². The topological polar surface area (TPSA) is 88.8 Å².